The average molecular weight is 565 g/mol. The van der Waals surface area contributed by atoms with Crippen LogP contribution in [0.3, 0.4) is 0 Å². The Hall–Kier alpha value is -5.80. The van der Waals surface area contributed by atoms with Crippen LogP contribution in [-0.4, -0.2) is 9.97 Å². The fourth-order valence-electron chi connectivity index (χ4n) is 6.31. The Balaban J connectivity index is 1.33. The summed E-state index contributed by atoms with van der Waals surface area (Å²) in [7, 11) is 0. The highest BCUT2D eigenvalue weighted by Crippen LogP contribution is 2.40. The summed E-state index contributed by atoms with van der Waals surface area (Å²) in [6.45, 7) is 6.01. The molecule has 0 saturated heterocycles. The van der Waals surface area contributed by atoms with Crippen molar-refractivity contribution < 1.29 is 4.42 Å². The molecule has 208 valence electrons. The van der Waals surface area contributed by atoms with Crippen molar-refractivity contribution in [3.8, 4) is 33.6 Å². The number of hydrogen-bond acceptors (Lipinski definition) is 3. The van der Waals surface area contributed by atoms with Crippen LogP contribution in [0.25, 0.3) is 89.3 Å². The van der Waals surface area contributed by atoms with Crippen LogP contribution < -0.4 is 0 Å². The van der Waals surface area contributed by atoms with Crippen molar-refractivity contribution in [3.05, 3.63) is 145 Å². The molecule has 0 aliphatic heterocycles. The molecule has 0 atom stereocenters. The minimum atomic E-state index is 0.765. The molecule has 0 fully saturated rings. The molecule has 6 aromatic carbocycles. The Labute approximate surface area is 255 Å². The molecule has 0 amide bonds. The lowest BCUT2D eigenvalue weighted by Gasteiger charge is -2.16. The molecular weight excluding hydrogens is 536 g/mol. The van der Waals surface area contributed by atoms with E-state index in [1.165, 1.54) is 5.56 Å². The highest BCUT2D eigenvalue weighted by molar-refractivity contribution is 6.16. The maximum Gasteiger partial charge on any atom is 0.143 e. The predicted molar refractivity (Wildman–Crippen MR) is 185 cm³/mol. The highest BCUT2D eigenvalue weighted by Gasteiger charge is 2.18. The molecule has 3 heteroatoms. The van der Waals surface area contributed by atoms with Gasteiger partial charge in [-0.05, 0) is 70.6 Å². The molecule has 0 N–H and O–H groups in total. The molecule has 0 aliphatic carbocycles. The number of allylic oxidation sites excluding steroid dienone is 1. The van der Waals surface area contributed by atoms with Crippen LogP contribution in [0.1, 0.15) is 18.3 Å². The third-order valence-corrected chi connectivity index (χ3v) is 8.37. The lowest BCUT2D eigenvalue weighted by atomic mass is 9.91. The monoisotopic (exact) mass is 564 g/mol. The molecule has 44 heavy (non-hydrogen) atoms. The van der Waals surface area contributed by atoms with E-state index in [4.69, 9.17) is 14.4 Å². The van der Waals surface area contributed by atoms with Gasteiger partial charge >= 0.3 is 0 Å². The number of para-hydroxylation sites is 1. The maximum absolute atomic E-state index is 6.31. The number of furan rings is 1. The number of aromatic nitrogens is 2. The lowest BCUT2D eigenvalue weighted by Crippen LogP contribution is -2.00. The third kappa shape index (κ3) is 4.13. The standard InChI is InChI=1S/C41H28N2O/c1-3-12-37-36(4-2)42-39(26-13-6-5-7-14-26)40(43-37)34-24-23-29(31-15-8-9-16-32(31)34)27-19-21-30-28(25-27)20-22-35-33-17-10-11-18-38(33)44-41(30)35/h3-25H,2H2,1H3/b12-3-. The van der Waals surface area contributed by atoms with Gasteiger partial charge in [-0.15, -0.1) is 0 Å². The zero-order valence-corrected chi connectivity index (χ0v) is 24.3. The van der Waals surface area contributed by atoms with E-state index < -0.39 is 0 Å². The van der Waals surface area contributed by atoms with Crippen LogP contribution in [0.15, 0.2) is 138 Å². The summed E-state index contributed by atoms with van der Waals surface area (Å²) in [5, 5.41) is 6.84. The summed E-state index contributed by atoms with van der Waals surface area (Å²) >= 11 is 0. The maximum atomic E-state index is 6.31. The van der Waals surface area contributed by atoms with E-state index in [2.05, 4.69) is 97.6 Å². The third-order valence-electron chi connectivity index (χ3n) is 8.37. The minimum Gasteiger partial charge on any atom is -0.455 e. The normalized spacial score (nSPS) is 11.8. The summed E-state index contributed by atoms with van der Waals surface area (Å²) in [4.78, 5) is 10.3. The van der Waals surface area contributed by atoms with Crippen molar-refractivity contribution in [1.29, 1.82) is 0 Å². The summed E-state index contributed by atoms with van der Waals surface area (Å²) in [6, 6.07) is 42.5. The van der Waals surface area contributed by atoms with E-state index in [-0.39, 0.29) is 0 Å². The van der Waals surface area contributed by atoms with Gasteiger partial charge in [0.25, 0.3) is 0 Å². The van der Waals surface area contributed by atoms with E-state index in [1.807, 2.05) is 49.4 Å². The Morgan fingerprint density at radius 2 is 1.25 bits per heavy atom. The van der Waals surface area contributed by atoms with Crippen LogP contribution in [0, 0.1) is 0 Å². The van der Waals surface area contributed by atoms with Gasteiger partial charge in [0.15, 0.2) is 0 Å². The van der Waals surface area contributed by atoms with Crippen molar-refractivity contribution in [2.45, 2.75) is 6.92 Å². The van der Waals surface area contributed by atoms with Gasteiger partial charge in [-0.2, -0.15) is 0 Å². The number of benzene rings is 6. The lowest BCUT2D eigenvalue weighted by molar-refractivity contribution is 0.672. The molecular formula is C41H28N2O. The second kappa shape index (κ2) is 10.5. The van der Waals surface area contributed by atoms with Crippen molar-refractivity contribution in [1.82, 2.24) is 9.97 Å². The minimum absolute atomic E-state index is 0.765. The SMILES string of the molecule is C=Cc1nc(-c2ccccc2)c(-c2ccc(-c3ccc4c(ccc5c6ccccc6oc45)c3)c3ccccc23)nc1/C=C\C. The summed E-state index contributed by atoms with van der Waals surface area (Å²) in [5.74, 6) is 0. The largest absolute Gasteiger partial charge is 0.455 e. The van der Waals surface area contributed by atoms with Gasteiger partial charge in [-0.25, -0.2) is 9.97 Å². The van der Waals surface area contributed by atoms with Gasteiger partial charge in [-0.3, -0.25) is 0 Å². The van der Waals surface area contributed by atoms with E-state index in [0.717, 1.165) is 82.9 Å². The van der Waals surface area contributed by atoms with Crippen LogP contribution in [0.5, 0.6) is 0 Å². The smallest absolute Gasteiger partial charge is 0.143 e. The number of rotatable bonds is 5. The molecule has 0 spiro atoms. The number of fused-ring (bicyclic) bond motifs is 6. The topological polar surface area (TPSA) is 38.9 Å². The summed E-state index contributed by atoms with van der Waals surface area (Å²) in [6.07, 6.45) is 5.76. The van der Waals surface area contributed by atoms with Crippen LogP contribution in [-0.2, 0) is 0 Å². The van der Waals surface area contributed by atoms with Gasteiger partial charge in [0.05, 0.1) is 22.8 Å². The van der Waals surface area contributed by atoms with Crippen LogP contribution >= 0.6 is 0 Å². The van der Waals surface area contributed by atoms with Gasteiger partial charge in [0.1, 0.15) is 11.2 Å². The molecule has 0 aliphatic rings. The highest BCUT2D eigenvalue weighted by atomic mass is 16.3. The molecule has 8 rings (SSSR count). The Bertz CT molecular complexity index is 2410. The van der Waals surface area contributed by atoms with E-state index >= 15 is 0 Å². The number of nitrogens with zero attached hydrogens (tertiary/aromatic N) is 2. The molecule has 0 unspecified atom stereocenters. The summed E-state index contributed by atoms with van der Waals surface area (Å²) in [5.41, 5.74) is 9.49. The van der Waals surface area contributed by atoms with Gasteiger partial charge in [-0.1, -0.05) is 110 Å². The van der Waals surface area contributed by atoms with E-state index in [0.29, 0.717) is 0 Å². The van der Waals surface area contributed by atoms with Crippen LogP contribution in [0.4, 0.5) is 0 Å². The zero-order valence-electron chi connectivity index (χ0n) is 24.3. The molecule has 0 bridgehead atoms. The first-order valence-corrected chi connectivity index (χ1v) is 14.8. The van der Waals surface area contributed by atoms with Crippen LogP contribution in [0.2, 0.25) is 0 Å². The molecule has 0 saturated carbocycles. The Morgan fingerprint density at radius 3 is 2.05 bits per heavy atom. The molecule has 2 aromatic heterocycles. The van der Waals surface area contributed by atoms with Gasteiger partial charge in [0.2, 0.25) is 0 Å². The first-order valence-electron chi connectivity index (χ1n) is 14.8. The van der Waals surface area contributed by atoms with Crippen molar-refractivity contribution in [3.63, 3.8) is 0 Å². The Kier molecular flexibility index (Phi) is 6.16. The summed E-state index contributed by atoms with van der Waals surface area (Å²) < 4.78 is 6.31. The second-order valence-corrected chi connectivity index (χ2v) is 10.9. The fraction of sp³-hybridized carbons (Fsp3) is 0.0244. The molecule has 0 radical (unpaired) electrons. The second-order valence-electron chi connectivity index (χ2n) is 10.9. The number of hydrogen-bond donors (Lipinski definition) is 0. The zero-order chi connectivity index (χ0) is 29.6. The van der Waals surface area contributed by atoms with Crippen molar-refractivity contribution in [2.75, 3.05) is 0 Å². The predicted octanol–water partition coefficient (Wildman–Crippen LogP) is 11.4. The molecule has 2 heterocycles. The van der Waals surface area contributed by atoms with E-state index in [1.54, 1.807) is 6.08 Å². The molecule has 3 nitrogen and oxygen atoms in total. The van der Waals surface area contributed by atoms with E-state index in [9.17, 15) is 0 Å². The average Bonchev–Trinajstić information content (AvgIpc) is 3.47. The molecule has 8 aromatic rings. The van der Waals surface area contributed by atoms with Gasteiger partial charge in [0, 0.05) is 27.3 Å². The van der Waals surface area contributed by atoms with Crippen molar-refractivity contribution in [2.24, 2.45) is 0 Å². The Morgan fingerprint density at radius 1 is 0.568 bits per heavy atom. The van der Waals surface area contributed by atoms with Gasteiger partial charge < -0.3 is 4.42 Å². The fourth-order valence-corrected chi connectivity index (χ4v) is 6.31. The first-order chi connectivity index (χ1) is 21.7. The van der Waals surface area contributed by atoms with Crippen molar-refractivity contribution >= 4 is 55.6 Å². The quantitative estimate of drug-likeness (QED) is 0.209. The first kappa shape index (κ1) is 25.9.